The van der Waals surface area contributed by atoms with E-state index in [0.717, 1.165) is 10.9 Å². The number of hydrogen-bond acceptors (Lipinski definition) is 1. The number of nitrogens with zero attached hydrogens (tertiary/aromatic N) is 1. The molecule has 1 amide bonds. The third-order valence-corrected chi connectivity index (χ3v) is 2.97. The van der Waals surface area contributed by atoms with Gasteiger partial charge in [0.15, 0.2) is 0 Å². The Bertz CT molecular complexity index is 274. The summed E-state index contributed by atoms with van der Waals surface area (Å²) < 4.78 is 0.895. The van der Waals surface area contributed by atoms with Crippen molar-refractivity contribution in [1.82, 2.24) is 5.32 Å². The van der Waals surface area contributed by atoms with Crippen molar-refractivity contribution < 1.29 is 9.28 Å². The minimum atomic E-state index is -0.193. The van der Waals surface area contributed by atoms with Crippen molar-refractivity contribution in [3.05, 3.63) is 12.2 Å². The monoisotopic (exact) mass is 227 g/mol. The molecular formula is C13H27N2O+. The van der Waals surface area contributed by atoms with Crippen LogP contribution >= 0.6 is 0 Å². The van der Waals surface area contributed by atoms with Crippen LogP contribution in [0.2, 0.25) is 0 Å². The Hall–Kier alpha value is -0.830. The second kappa shape index (κ2) is 5.00. The van der Waals surface area contributed by atoms with Crippen LogP contribution in [0.25, 0.3) is 0 Å². The maximum atomic E-state index is 11.6. The summed E-state index contributed by atoms with van der Waals surface area (Å²) in [6.07, 6.45) is 0.940. The van der Waals surface area contributed by atoms with E-state index in [4.69, 9.17) is 0 Å². The zero-order chi connectivity index (χ0) is 13.1. The molecule has 0 rings (SSSR count). The van der Waals surface area contributed by atoms with E-state index in [9.17, 15) is 4.79 Å². The van der Waals surface area contributed by atoms with Crippen LogP contribution in [0.5, 0.6) is 0 Å². The Morgan fingerprint density at radius 1 is 1.38 bits per heavy atom. The standard InChI is InChI=1S/C13H26N2O/c1-10(2)12(16)14-13(4,5)9-11(3)15(6,7)8/h11H,1,9H2,2-8H3/p+1. The highest BCUT2D eigenvalue weighted by Gasteiger charge is 2.29. The highest BCUT2D eigenvalue weighted by Crippen LogP contribution is 2.17. The first-order valence-corrected chi connectivity index (χ1v) is 5.75. The Kier molecular flexibility index (Phi) is 4.74. The highest BCUT2D eigenvalue weighted by atomic mass is 16.1. The van der Waals surface area contributed by atoms with E-state index in [1.54, 1.807) is 6.92 Å². The SMILES string of the molecule is C=C(C)C(=O)NC(C)(C)CC(C)[N+](C)(C)C. The van der Waals surface area contributed by atoms with Crippen molar-refractivity contribution in [2.75, 3.05) is 21.1 Å². The molecule has 0 aromatic carbocycles. The smallest absolute Gasteiger partial charge is 0.246 e. The van der Waals surface area contributed by atoms with Gasteiger partial charge in [-0.1, -0.05) is 6.58 Å². The molecule has 1 N–H and O–H groups in total. The predicted molar refractivity (Wildman–Crippen MR) is 69.1 cm³/mol. The van der Waals surface area contributed by atoms with E-state index in [1.807, 2.05) is 0 Å². The lowest BCUT2D eigenvalue weighted by Crippen LogP contribution is -2.52. The lowest BCUT2D eigenvalue weighted by atomic mass is 9.94. The molecule has 0 radical (unpaired) electrons. The van der Waals surface area contributed by atoms with Crippen molar-refractivity contribution in [3.8, 4) is 0 Å². The van der Waals surface area contributed by atoms with Crippen molar-refractivity contribution in [2.45, 2.75) is 45.7 Å². The first-order chi connectivity index (χ1) is 6.96. The second-order valence-corrected chi connectivity index (χ2v) is 6.29. The van der Waals surface area contributed by atoms with Gasteiger partial charge in [0.05, 0.1) is 27.2 Å². The van der Waals surface area contributed by atoms with E-state index in [1.165, 1.54) is 0 Å². The quantitative estimate of drug-likeness (QED) is 0.564. The zero-order valence-corrected chi connectivity index (χ0v) is 11.8. The van der Waals surface area contributed by atoms with Gasteiger partial charge in [-0.3, -0.25) is 4.79 Å². The summed E-state index contributed by atoms with van der Waals surface area (Å²) in [6.45, 7) is 11.7. The van der Waals surface area contributed by atoms with Crippen LogP contribution < -0.4 is 5.32 Å². The molecule has 0 heterocycles. The highest BCUT2D eigenvalue weighted by molar-refractivity contribution is 5.92. The summed E-state index contributed by atoms with van der Waals surface area (Å²) in [5, 5.41) is 3.01. The lowest BCUT2D eigenvalue weighted by molar-refractivity contribution is -0.894. The van der Waals surface area contributed by atoms with E-state index in [0.29, 0.717) is 11.6 Å². The molecule has 0 aromatic rings. The van der Waals surface area contributed by atoms with Gasteiger partial charge in [-0.05, 0) is 27.7 Å². The minimum absolute atomic E-state index is 0.0568. The van der Waals surface area contributed by atoms with Crippen LogP contribution in [-0.2, 0) is 4.79 Å². The number of rotatable bonds is 5. The molecule has 3 heteroatoms. The fourth-order valence-corrected chi connectivity index (χ4v) is 1.48. The largest absolute Gasteiger partial charge is 0.347 e. The molecule has 94 valence electrons. The normalized spacial score (nSPS) is 14.4. The van der Waals surface area contributed by atoms with Gasteiger partial charge in [0.1, 0.15) is 0 Å². The molecule has 1 atom stereocenters. The molecule has 0 aliphatic carbocycles. The lowest BCUT2D eigenvalue weighted by Gasteiger charge is -2.37. The number of nitrogens with one attached hydrogen (secondary N) is 1. The molecule has 0 bridgehead atoms. The van der Waals surface area contributed by atoms with Gasteiger partial charge >= 0.3 is 0 Å². The van der Waals surface area contributed by atoms with Gasteiger partial charge < -0.3 is 9.80 Å². The molecule has 1 unspecified atom stereocenters. The predicted octanol–water partition coefficient (Wildman–Crippen LogP) is 1.94. The minimum Gasteiger partial charge on any atom is -0.347 e. The summed E-state index contributed by atoms with van der Waals surface area (Å²) in [7, 11) is 6.50. The van der Waals surface area contributed by atoms with E-state index in [2.05, 4.69) is 53.8 Å². The van der Waals surface area contributed by atoms with Gasteiger partial charge in [-0.2, -0.15) is 0 Å². The number of carbonyl (C=O) groups is 1. The number of quaternary nitrogens is 1. The molecule has 0 saturated heterocycles. The summed E-state index contributed by atoms with van der Waals surface area (Å²) in [5.74, 6) is -0.0568. The van der Waals surface area contributed by atoms with Crippen molar-refractivity contribution in [3.63, 3.8) is 0 Å². The summed E-state index contributed by atoms with van der Waals surface area (Å²) in [5.41, 5.74) is 0.368. The molecule has 0 aliphatic rings. The van der Waals surface area contributed by atoms with Crippen LogP contribution in [0.1, 0.15) is 34.1 Å². The van der Waals surface area contributed by atoms with Gasteiger partial charge in [0.2, 0.25) is 5.91 Å². The van der Waals surface area contributed by atoms with Crippen molar-refractivity contribution >= 4 is 5.91 Å². The molecule has 16 heavy (non-hydrogen) atoms. The Morgan fingerprint density at radius 2 is 1.81 bits per heavy atom. The van der Waals surface area contributed by atoms with Gasteiger partial charge in [0.25, 0.3) is 0 Å². The molecule has 0 aromatic heterocycles. The van der Waals surface area contributed by atoms with Crippen LogP contribution in [0.15, 0.2) is 12.2 Å². The maximum absolute atomic E-state index is 11.6. The first kappa shape index (κ1) is 15.2. The van der Waals surface area contributed by atoms with Gasteiger partial charge in [-0.25, -0.2) is 0 Å². The van der Waals surface area contributed by atoms with Crippen LogP contribution in [0.4, 0.5) is 0 Å². The number of amides is 1. The van der Waals surface area contributed by atoms with E-state index in [-0.39, 0.29) is 11.4 Å². The summed E-state index contributed by atoms with van der Waals surface area (Å²) in [6, 6.07) is 0.487. The van der Waals surface area contributed by atoms with Crippen molar-refractivity contribution in [2.24, 2.45) is 0 Å². The molecule has 3 nitrogen and oxygen atoms in total. The fourth-order valence-electron chi connectivity index (χ4n) is 1.48. The topological polar surface area (TPSA) is 29.1 Å². The Balaban J connectivity index is 4.46. The van der Waals surface area contributed by atoms with Crippen LogP contribution in [-0.4, -0.2) is 43.1 Å². The number of carbonyl (C=O) groups excluding carboxylic acids is 1. The Labute approximate surface area is 100 Å². The molecular weight excluding hydrogens is 200 g/mol. The molecule has 0 spiro atoms. The van der Waals surface area contributed by atoms with Crippen LogP contribution in [0, 0.1) is 0 Å². The maximum Gasteiger partial charge on any atom is 0.246 e. The molecule has 0 fully saturated rings. The average molecular weight is 227 g/mol. The molecule has 0 saturated carbocycles. The zero-order valence-electron chi connectivity index (χ0n) is 11.8. The number of hydrogen-bond donors (Lipinski definition) is 1. The Morgan fingerprint density at radius 3 is 2.12 bits per heavy atom. The fraction of sp³-hybridized carbons (Fsp3) is 0.769. The third-order valence-electron chi connectivity index (χ3n) is 2.97. The third kappa shape index (κ3) is 5.31. The second-order valence-electron chi connectivity index (χ2n) is 6.29. The molecule has 0 aliphatic heterocycles. The summed E-state index contributed by atoms with van der Waals surface area (Å²) in [4.78, 5) is 11.6. The first-order valence-electron chi connectivity index (χ1n) is 5.75. The van der Waals surface area contributed by atoms with E-state index < -0.39 is 0 Å². The van der Waals surface area contributed by atoms with Gasteiger partial charge in [0, 0.05) is 17.5 Å². The van der Waals surface area contributed by atoms with Crippen LogP contribution in [0.3, 0.4) is 0 Å². The van der Waals surface area contributed by atoms with Crippen molar-refractivity contribution in [1.29, 1.82) is 0 Å². The summed E-state index contributed by atoms with van der Waals surface area (Å²) >= 11 is 0. The van der Waals surface area contributed by atoms with Gasteiger partial charge in [-0.15, -0.1) is 0 Å². The van der Waals surface area contributed by atoms with E-state index >= 15 is 0 Å². The average Bonchev–Trinajstić information content (AvgIpc) is 1.99.